The Kier molecular flexibility index (Phi) is 7.02. The summed E-state index contributed by atoms with van der Waals surface area (Å²) in [6.45, 7) is 2.55. The van der Waals surface area contributed by atoms with Crippen LogP contribution in [0.25, 0.3) is 0 Å². The minimum absolute atomic E-state index is 0.171. The van der Waals surface area contributed by atoms with Gasteiger partial charge in [0.15, 0.2) is 0 Å². The van der Waals surface area contributed by atoms with Crippen molar-refractivity contribution in [2.45, 2.75) is 44.0 Å². The molecule has 0 aromatic carbocycles. The lowest BCUT2D eigenvalue weighted by molar-refractivity contribution is -0.398. The van der Waals surface area contributed by atoms with E-state index in [2.05, 4.69) is 10.1 Å². The summed E-state index contributed by atoms with van der Waals surface area (Å²) in [7, 11) is 2.18. The van der Waals surface area contributed by atoms with Crippen LogP contribution >= 0.6 is 0 Å². The van der Waals surface area contributed by atoms with Gasteiger partial charge in [-0.15, -0.1) is 0 Å². The molecule has 1 rings (SSSR count). The second-order valence-electron chi connectivity index (χ2n) is 4.83. The molecule has 1 saturated heterocycles. The number of halogens is 6. The van der Waals surface area contributed by atoms with Crippen LogP contribution in [0.5, 0.6) is 0 Å². The lowest BCUT2D eigenvalue weighted by atomic mass is 10.1. The summed E-state index contributed by atoms with van der Waals surface area (Å²) < 4.78 is 78.4. The summed E-state index contributed by atoms with van der Waals surface area (Å²) >= 11 is 0. The van der Waals surface area contributed by atoms with E-state index in [1.54, 1.807) is 14.0 Å². The zero-order valence-electron chi connectivity index (χ0n) is 13.0. The Bertz CT molecular complexity index is 454. The molecular formula is C11H17F6N3O4. The summed E-state index contributed by atoms with van der Waals surface area (Å²) in [6.07, 6.45) is -11.5. The molecule has 0 saturated carbocycles. The molecule has 0 aromatic heterocycles. The number of hydrogen-bond acceptors (Lipinski definition) is 6. The Balaban J connectivity index is 0.000000561. The summed E-state index contributed by atoms with van der Waals surface area (Å²) in [4.78, 5) is 21.0. The minimum atomic E-state index is -5.75. The van der Waals surface area contributed by atoms with E-state index in [4.69, 9.17) is 5.21 Å². The second kappa shape index (κ2) is 7.53. The molecule has 1 amide bonds. The molecule has 1 heterocycles. The first-order valence-electron chi connectivity index (χ1n) is 6.37. The Labute approximate surface area is 132 Å². The molecule has 0 radical (unpaired) electrons. The first-order valence-corrected chi connectivity index (χ1v) is 6.37. The van der Waals surface area contributed by atoms with Gasteiger partial charge in [-0.1, -0.05) is 0 Å². The quantitative estimate of drug-likeness (QED) is 0.289. The molecule has 3 N–H and O–H groups in total. The molecular weight excluding hydrogens is 352 g/mol. The van der Waals surface area contributed by atoms with Crippen molar-refractivity contribution in [1.29, 1.82) is 0 Å². The van der Waals surface area contributed by atoms with E-state index in [9.17, 15) is 35.9 Å². The van der Waals surface area contributed by atoms with Gasteiger partial charge in [0, 0.05) is 0 Å². The fourth-order valence-electron chi connectivity index (χ4n) is 1.64. The molecule has 24 heavy (non-hydrogen) atoms. The van der Waals surface area contributed by atoms with Gasteiger partial charge in [-0.05, 0) is 27.9 Å². The van der Waals surface area contributed by atoms with Crippen LogP contribution in [0.2, 0.25) is 0 Å². The van der Waals surface area contributed by atoms with Gasteiger partial charge in [-0.2, -0.15) is 26.3 Å². The van der Waals surface area contributed by atoms with E-state index in [-0.39, 0.29) is 10.9 Å². The monoisotopic (exact) mass is 369 g/mol. The summed E-state index contributed by atoms with van der Waals surface area (Å²) in [6, 6.07) is -1.94. The third-order valence-electron chi connectivity index (χ3n) is 3.37. The highest BCUT2D eigenvalue weighted by molar-refractivity contribution is 5.80. The highest BCUT2D eigenvalue weighted by Gasteiger charge is 2.80. The molecule has 0 aliphatic carbocycles. The number of hydroxylamine groups is 1. The van der Waals surface area contributed by atoms with Gasteiger partial charge in [-0.3, -0.25) is 14.8 Å². The SMILES string of the molecule is CC1C(=O)OC(C(F)(F)F)(C(F)(F)F)N1C.CNC(C)C(=O)NO. The molecule has 1 aliphatic rings. The highest BCUT2D eigenvalue weighted by atomic mass is 19.4. The Morgan fingerprint density at radius 3 is 1.83 bits per heavy atom. The van der Waals surface area contributed by atoms with Crippen molar-refractivity contribution in [3.05, 3.63) is 0 Å². The van der Waals surface area contributed by atoms with Crippen LogP contribution in [0, 0.1) is 0 Å². The smallest absolute Gasteiger partial charge is 0.423 e. The summed E-state index contributed by atoms with van der Waals surface area (Å²) in [5.41, 5.74) is -3.03. The summed E-state index contributed by atoms with van der Waals surface area (Å²) in [5, 5.41) is 10.6. The van der Waals surface area contributed by atoms with E-state index in [0.29, 0.717) is 7.05 Å². The normalized spacial score (nSPS) is 22.3. The van der Waals surface area contributed by atoms with Crippen molar-refractivity contribution in [2.24, 2.45) is 0 Å². The largest absolute Gasteiger partial charge is 0.453 e. The van der Waals surface area contributed by atoms with Gasteiger partial charge in [0.2, 0.25) is 0 Å². The molecule has 13 heteroatoms. The second-order valence-corrected chi connectivity index (χ2v) is 4.83. The number of nitrogens with one attached hydrogen (secondary N) is 2. The number of esters is 1. The van der Waals surface area contributed by atoms with Crippen LogP contribution in [0.15, 0.2) is 0 Å². The van der Waals surface area contributed by atoms with Crippen molar-refractivity contribution in [3.8, 4) is 0 Å². The first-order chi connectivity index (χ1) is 10.7. The molecule has 7 nitrogen and oxygen atoms in total. The van der Waals surface area contributed by atoms with E-state index in [1.165, 1.54) is 5.48 Å². The predicted molar refractivity (Wildman–Crippen MR) is 66.6 cm³/mol. The first kappa shape index (κ1) is 22.4. The fraction of sp³-hybridized carbons (Fsp3) is 0.818. The number of rotatable bonds is 2. The lowest BCUT2D eigenvalue weighted by Gasteiger charge is -2.36. The third-order valence-corrected chi connectivity index (χ3v) is 3.37. The van der Waals surface area contributed by atoms with Crippen LogP contribution in [-0.4, -0.2) is 66.2 Å². The van der Waals surface area contributed by atoms with Crippen molar-refractivity contribution >= 4 is 11.9 Å². The van der Waals surface area contributed by atoms with E-state index < -0.39 is 36.0 Å². The zero-order valence-corrected chi connectivity index (χ0v) is 13.0. The van der Waals surface area contributed by atoms with Gasteiger partial charge >= 0.3 is 24.0 Å². The molecule has 2 unspecified atom stereocenters. The van der Waals surface area contributed by atoms with E-state index in [1.807, 2.05) is 0 Å². The number of hydrogen-bond donors (Lipinski definition) is 3. The standard InChI is InChI=1S/C7H7F6NO2.C4H10N2O2/c1-3-4(15)16-5(14(3)2,6(8,9)10)7(11,12)13;1-3(5-2)4(7)6-8/h3H,1-2H3;3,5,8H,1-2H3,(H,6,7). The maximum atomic E-state index is 12.5. The van der Waals surface area contributed by atoms with Crippen molar-refractivity contribution in [1.82, 2.24) is 15.7 Å². The van der Waals surface area contributed by atoms with Gasteiger partial charge < -0.3 is 10.1 Å². The number of carbonyl (C=O) groups excluding carboxylic acids is 2. The Morgan fingerprint density at radius 2 is 1.71 bits per heavy atom. The number of cyclic esters (lactones) is 1. The fourth-order valence-corrected chi connectivity index (χ4v) is 1.64. The molecule has 2 atom stereocenters. The average molecular weight is 369 g/mol. The molecule has 0 spiro atoms. The van der Waals surface area contributed by atoms with E-state index >= 15 is 0 Å². The van der Waals surface area contributed by atoms with Crippen LogP contribution in [0.3, 0.4) is 0 Å². The van der Waals surface area contributed by atoms with Crippen molar-refractivity contribution in [3.63, 3.8) is 0 Å². The van der Waals surface area contributed by atoms with Crippen LogP contribution < -0.4 is 10.8 Å². The number of ether oxygens (including phenoxy) is 1. The van der Waals surface area contributed by atoms with Gasteiger partial charge in [0.1, 0.15) is 6.04 Å². The van der Waals surface area contributed by atoms with Crippen LogP contribution in [-0.2, 0) is 14.3 Å². The third kappa shape index (κ3) is 4.08. The maximum absolute atomic E-state index is 12.5. The molecule has 0 bridgehead atoms. The van der Waals surface area contributed by atoms with Gasteiger partial charge in [0.25, 0.3) is 5.91 Å². The molecule has 1 fully saturated rings. The number of amides is 1. The molecule has 142 valence electrons. The minimum Gasteiger partial charge on any atom is -0.423 e. The maximum Gasteiger partial charge on any atom is 0.453 e. The van der Waals surface area contributed by atoms with Gasteiger partial charge in [-0.25, -0.2) is 10.4 Å². The molecule has 0 aromatic rings. The Morgan fingerprint density at radius 1 is 1.29 bits per heavy atom. The van der Waals surface area contributed by atoms with Crippen LogP contribution in [0.4, 0.5) is 26.3 Å². The predicted octanol–water partition coefficient (Wildman–Crippen LogP) is 0.784. The van der Waals surface area contributed by atoms with Crippen LogP contribution in [0.1, 0.15) is 13.8 Å². The summed E-state index contributed by atoms with van der Waals surface area (Å²) in [5.74, 6) is -1.98. The van der Waals surface area contributed by atoms with Crippen molar-refractivity contribution < 1.29 is 45.9 Å². The topological polar surface area (TPSA) is 90.9 Å². The van der Waals surface area contributed by atoms with Crippen molar-refractivity contribution in [2.75, 3.05) is 14.1 Å². The number of nitrogens with zero attached hydrogens (tertiary/aromatic N) is 1. The number of likely N-dealkylation sites (N-methyl/N-ethyl adjacent to an activating group) is 2. The number of alkyl halides is 6. The van der Waals surface area contributed by atoms with Gasteiger partial charge in [0.05, 0.1) is 6.04 Å². The molecule has 1 aliphatic heterocycles. The average Bonchev–Trinajstić information content (AvgIpc) is 2.70. The van der Waals surface area contributed by atoms with E-state index in [0.717, 1.165) is 6.92 Å². The lowest BCUT2D eigenvalue weighted by Crippen LogP contribution is -2.65. The number of carbonyl (C=O) groups is 2. The highest BCUT2D eigenvalue weighted by Crippen LogP contribution is 2.51. The Hall–Kier alpha value is -1.60. The zero-order chi connectivity index (χ0) is 19.5.